The summed E-state index contributed by atoms with van der Waals surface area (Å²) in [6.45, 7) is 3.99. The van der Waals surface area contributed by atoms with E-state index in [1.807, 2.05) is 13.0 Å². The van der Waals surface area contributed by atoms with Crippen molar-refractivity contribution in [3.8, 4) is 0 Å². The lowest BCUT2D eigenvalue weighted by Crippen LogP contribution is -2.49. The summed E-state index contributed by atoms with van der Waals surface area (Å²) in [7, 11) is 0. The van der Waals surface area contributed by atoms with Gasteiger partial charge >= 0.3 is 5.97 Å². The summed E-state index contributed by atoms with van der Waals surface area (Å²) in [5, 5.41) is 8.68. The molecule has 1 saturated heterocycles. The third-order valence-electron chi connectivity index (χ3n) is 2.64. The van der Waals surface area contributed by atoms with Gasteiger partial charge in [0.2, 0.25) is 0 Å². The number of hydrogen-bond donors (Lipinski definition) is 1. The molecule has 1 N–H and O–H groups in total. The Morgan fingerprint density at radius 3 is 2.93 bits per heavy atom. The van der Waals surface area contributed by atoms with E-state index in [1.54, 1.807) is 6.26 Å². The second-order valence-corrected chi connectivity index (χ2v) is 3.76. The maximum absolute atomic E-state index is 10.5. The van der Waals surface area contributed by atoms with Crippen LogP contribution in [0.2, 0.25) is 0 Å². The molecule has 1 aromatic heterocycles. The number of nitrogens with zero attached hydrogens (tertiary/aromatic N) is 1. The number of likely N-dealkylation sites (tertiary alicyclic amines) is 1. The lowest BCUT2D eigenvalue weighted by atomic mass is 10.0. The van der Waals surface area contributed by atoms with Gasteiger partial charge in [-0.15, -0.1) is 0 Å². The minimum absolute atomic E-state index is 0.190. The third-order valence-corrected chi connectivity index (χ3v) is 2.64. The number of hydrogen-bond acceptors (Lipinski definition) is 3. The summed E-state index contributed by atoms with van der Waals surface area (Å²) in [5.41, 5.74) is 1.13. The number of aliphatic carboxylic acids is 1. The van der Waals surface area contributed by atoms with Crippen molar-refractivity contribution in [2.45, 2.75) is 13.5 Å². The van der Waals surface area contributed by atoms with Crippen LogP contribution in [0.4, 0.5) is 0 Å². The van der Waals surface area contributed by atoms with Gasteiger partial charge in [-0.2, -0.15) is 0 Å². The zero-order valence-electron chi connectivity index (χ0n) is 8.06. The van der Waals surface area contributed by atoms with Crippen LogP contribution in [-0.2, 0) is 11.3 Å². The summed E-state index contributed by atoms with van der Waals surface area (Å²) in [6.07, 6.45) is 1.67. The lowest BCUT2D eigenvalue weighted by Gasteiger charge is -2.35. The van der Waals surface area contributed by atoms with E-state index in [2.05, 4.69) is 4.90 Å². The van der Waals surface area contributed by atoms with Crippen molar-refractivity contribution >= 4 is 5.97 Å². The van der Waals surface area contributed by atoms with E-state index in [0.29, 0.717) is 13.1 Å². The van der Waals surface area contributed by atoms with Gasteiger partial charge in [-0.05, 0) is 18.6 Å². The zero-order valence-corrected chi connectivity index (χ0v) is 8.06. The molecule has 76 valence electrons. The molecule has 0 aromatic carbocycles. The predicted octanol–water partition coefficient (Wildman–Crippen LogP) is 1.10. The van der Waals surface area contributed by atoms with Crippen molar-refractivity contribution < 1.29 is 14.3 Å². The Balaban J connectivity index is 1.85. The molecule has 14 heavy (non-hydrogen) atoms. The molecule has 0 spiro atoms. The summed E-state index contributed by atoms with van der Waals surface area (Å²) >= 11 is 0. The molecule has 2 rings (SSSR count). The number of rotatable bonds is 3. The Bertz CT molecular complexity index is 339. The van der Waals surface area contributed by atoms with Crippen molar-refractivity contribution in [2.24, 2.45) is 5.92 Å². The van der Waals surface area contributed by atoms with E-state index in [0.717, 1.165) is 17.9 Å². The van der Waals surface area contributed by atoms with Crippen LogP contribution < -0.4 is 0 Å². The maximum atomic E-state index is 10.5. The topological polar surface area (TPSA) is 53.7 Å². The highest BCUT2D eigenvalue weighted by Crippen LogP contribution is 2.20. The molecule has 0 bridgehead atoms. The third kappa shape index (κ3) is 1.65. The van der Waals surface area contributed by atoms with Crippen molar-refractivity contribution in [1.82, 2.24) is 4.90 Å². The molecule has 0 aliphatic carbocycles. The van der Waals surface area contributed by atoms with Gasteiger partial charge in [-0.25, -0.2) is 0 Å². The number of carboxylic acids is 1. The maximum Gasteiger partial charge on any atom is 0.309 e. The monoisotopic (exact) mass is 195 g/mol. The van der Waals surface area contributed by atoms with Crippen LogP contribution in [0, 0.1) is 12.8 Å². The Kier molecular flexibility index (Phi) is 2.29. The first-order valence-corrected chi connectivity index (χ1v) is 4.65. The van der Waals surface area contributed by atoms with E-state index in [1.165, 1.54) is 0 Å². The molecule has 0 unspecified atom stereocenters. The first-order chi connectivity index (χ1) is 6.66. The lowest BCUT2D eigenvalue weighted by molar-refractivity contribution is -0.147. The van der Waals surface area contributed by atoms with Crippen molar-refractivity contribution in [1.29, 1.82) is 0 Å². The average Bonchev–Trinajstić information content (AvgIpc) is 2.42. The Labute approximate surface area is 82.1 Å². The van der Waals surface area contributed by atoms with Gasteiger partial charge in [0.15, 0.2) is 0 Å². The van der Waals surface area contributed by atoms with Gasteiger partial charge in [0, 0.05) is 13.1 Å². The van der Waals surface area contributed by atoms with E-state index in [9.17, 15) is 4.79 Å². The van der Waals surface area contributed by atoms with Crippen LogP contribution in [-0.4, -0.2) is 29.1 Å². The minimum Gasteiger partial charge on any atom is -0.481 e. The smallest absolute Gasteiger partial charge is 0.309 e. The van der Waals surface area contributed by atoms with Crippen molar-refractivity contribution in [2.75, 3.05) is 13.1 Å². The molecule has 1 aromatic rings. The molecule has 1 aliphatic rings. The predicted molar refractivity (Wildman–Crippen MR) is 49.8 cm³/mol. The molecular weight excluding hydrogens is 182 g/mol. The second-order valence-electron chi connectivity index (χ2n) is 3.76. The summed E-state index contributed by atoms with van der Waals surface area (Å²) in [5.74, 6) is 0.0523. The number of aryl methyl sites for hydroxylation is 1. The fourth-order valence-electron chi connectivity index (χ4n) is 1.62. The molecular formula is C10H13NO3. The highest BCUT2D eigenvalue weighted by Gasteiger charge is 2.32. The zero-order chi connectivity index (χ0) is 10.1. The molecule has 0 radical (unpaired) electrons. The van der Waals surface area contributed by atoms with Gasteiger partial charge < -0.3 is 9.52 Å². The number of carboxylic acid groups (broad SMARTS) is 1. The van der Waals surface area contributed by atoms with Crippen LogP contribution >= 0.6 is 0 Å². The highest BCUT2D eigenvalue weighted by atomic mass is 16.4. The fraction of sp³-hybridized carbons (Fsp3) is 0.500. The summed E-state index contributed by atoms with van der Waals surface area (Å²) in [4.78, 5) is 12.6. The van der Waals surface area contributed by atoms with Gasteiger partial charge in [0.25, 0.3) is 0 Å². The fourth-order valence-corrected chi connectivity index (χ4v) is 1.62. The van der Waals surface area contributed by atoms with E-state index in [-0.39, 0.29) is 5.92 Å². The molecule has 0 atom stereocenters. The van der Waals surface area contributed by atoms with Crippen LogP contribution in [0.15, 0.2) is 16.7 Å². The number of carbonyl (C=O) groups is 1. The number of furan rings is 1. The molecule has 4 heteroatoms. The van der Waals surface area contributed by atoms with Crippen LogP contribution in [0.1, 0.15) is 11.3 Å². The van der Waals surface area contributed by atoms with E-state index in [4.69, 9.17) is 9.52 Å². The summed E-state index contributed by atoms with van der Waals surface area (Å²) < 4.78 is 5.28. The van der Waals surface area contributed by atoms with Crippen LogP contribution in [0.3, 0.4) is 0 Å². The van der Waals surface area contributed by atoms with Crippen molar-refractivity contribution in [3.63, 3.8) is 0 Å². The first kappa shape index (κ1) is 9.27. The van der Waals surface area contributed by atoms with Gasteiger partial charge in [0.05, 0.1) is 18.7 Å². The van der Waals surface area contributed by atoms with E-state index >= 15 is 0 Å². The molecule has 2 heterocycles. The largest absolute Gasteiger partial charge is 0.481 e. The molecule has 4 nitrogen and oxygen atoms in total. The first-order valence-electron chi connectivity index (χ1n) is 4.65. The Morgan fingerprint density at radius 2 is 2.43 bits per heavy atom. The van der Waals surface area contributed by atoms with Crippen molar-refractivity contribution in [3.05, 3.63) is 23.7 Å². The average molecular weight is 195 g/mol. The molecule has 1 aliphatic heterocycles. The van der Waals surface area contributed by atoms with Gasteiger partial charge in [-0.1, -0.05) is 0 Å². The Morgan fingerprint density at radius 1 is 1.71 bits per heavy atom. The molecule has 1 fully saturated rings. The van der Waals surface area contributed by atoms with Crippen LogP contribution in [0.5, 0.6) is 0 Å². The quantitative estimate of drug-likeness (QED) is 0.784. The van der Waals surface area contributed by atoms with Crippen LogP contribution in [0.25, 0.3) is 0 Å². The normalized spacial score (nSPS) is 18.1. The van der Waals surface area contributed by atoms with Gasteiger partial charge in [0.1, 0.15) is 5.76 Å². The van der Waals surface area contributed by atoms with Gasteiger partial charge in [-0.3, -0.25) is 9.69 Å². The summed E-state index contributed by atoms with van der Waals surface area (Å²) in [6, 6.07) is 1.92. The minimum atomic E-state index is -0.697. The SMILES string of the molecule is Cc1ccoc1CN1CC(C(=O)O)C1. The molecule has 0 saturated carbocycles. The highest BCUT2D eigenvalue weighted by molar-refractivity contribution is 5.71. The standard InChI is InChI=1S/C10H13NO3/c1-7-2-3-14-9(7)6-11-4-8(5-11)10(12)13/h2-3,8H,4-6H2,1H3,(H,12,13). The second kappa shape index (κ2) is 3.46. The Hall–Kier alpha value is -1.29. The molecule has 0 amide bonds. The van der Waals surface area contributed by atoms with E-state index < -0.39 is 5.97 Å².